The standard InChI is InChI=1S/C5H12O4/c1-2-9-4(3-6)5(7)8/h4-8H,2-3H2,1H3. The zero-order valence-electron chi connectivity index (χ0n) is 5.32. The third-order valence-electron chi connectivity index (χ3n) is 0.893. The van der Waals surface area contributed by atoms with Crippen LogP contribution in [0.5, 0.6) is 0 Å². The molecule has 0 saturated carbocycles. The highest BCUT2D eigenvalue weighted by Crippen LogP contribution is 1.94. The largest absolute Gasteiger partial charge is 0.393 e. The van der Waals surface area contributed by atoms with E-state index in [0.29, 0.717) is 6.61 Å². The minimum Gasteiger partial charge on any atom is -0.393 e. The van der Waals surface area contributed by atoms with Crippen LogP contribution in [-0.4, -0.2) is 40.9 Å². The Hall–Kier alpha value is -0.160. The van der Waals surface area contributed by atoms with Crippen LogP contribution in [0.3, 0.4) is 0 Å². The van der Waals surface area contributed by atoms with Gasteiger partial charge in [0.15, 0.2) is 6.29 Å². The monoisotopic (exact) mass is 136 g/mol. The van der Waals surface area contributed by atoms with Gasteiger partial charge >= 0.3 is 0 Å². The summed E-state index contributed by atoms with van der Waals surface area (Å²) < 4.78 is 4.70. The van der Waals surface area contributed by atoms with E-state index in [2.05, 4.69) is 0 Å². The molecule has 4 heteroatoms. The van der Waals surface area contributed by atoms with Crippen molar-refractivity contribution in [2.24, 2.45) is 0 Å². The molecule has 0 spiro atoms. The molecule has 0 aliphatic heterocycles. The molecule has 0 fully saturated rings. The number of ether oxygens (including phenoxy) is 1. The summed E-state index contributed by atoms with van der Waals surface area (Å²) in [6.07, 6.45) is -2.45. The molecule has 0 aromatic carbocycles. The van der Waals surface area contributed by atoms with Gasteiger partial charge in [-0.3, -0.25) is 0 Å². The SMILES string of the molecule is CCOC(CO)C(O)O. The smallest absolute Gasteiger partial charge is 0.180 e. The van der Waals surface area contributed by atoms with Crippen LogP contribution in [0.1, 0.15) is 6.92 Å². The molecule has 56 valence electrons. The zero-order chi connectivity index (χ0) is 7.28. The van der Waals surface area contributed by atoms with Gasteiger partial charge in [-0.25, -0.2) is 0 Å². The average Bonchev–Trinajstić information content (AvgIpc) is 1.82. The van der Waals surface area contributed by atoms with Crippen molar-refractivity contribution < 1.29 is 20.1 Å². The van der Waals surface area contributed by atoms with Crippen LogP contribution >= 0.6 is 0 Å². The van der Waals surface area contributed by atoms with Gasteiger partial charge in [0.1, 0.15) is 6.10 Å². The Bertz CT molecular complexity index is 64.0. The van der Waals surface area contributed by atoms with Gasteiger partial charge in [0.2, 0.25) is 0 Å². The molecule has 0 saturated heterocycles. The summed E-state index contributed by atoms with van der Waals surface area (Å²) in [6.45, 7) is 1.71. The fraction of sp³-hybridized carbons (Fsp3) is 1.00. The van der Waals surface area contributed by atoms with Crippen molar-refractivity contribution in [1.29, 1.82) is 0 Å². The molecule has 1 unspecified atom stereocenters. The molecule has 0 aliphatic carbocycles. The van der Waals surface area contributed by atoms with Crippen LogP contribution < -0.4 is 0 Å². The third-order valence-corrected chi connectivity index (χ3v) is 0.893. The van der Waals surface area contributed by atoms with Gasteiger partial charge in [-0.05, 0) is 6.92 Å². The molecule has 1 atom stereocenters. The molecule has 0 heterocycles. The highest BCUT2D eigenvalue weighted by molar-refractivity contribution is 4.55. The lowest BCUT2D eigenvalue weighted by Crippen LogP contribution is -2.31. The molecule has 0 radical (unpaired) electrons. The second-order valence-electron chi connectivity index (χ2n) is 1.59. The quantitative estimate of drug-likeness (QED) is 0.420. The normalized spacial score (nSPS) is 14.3. The molecule has 0 bridgehead atoms. The van der Waals surface area contributed by atoms with Crippen LogP contribution in [0.4, 0.5) is 0 Å². The van der Waals surface area contributed by atoms with E-state index in [4.69, 9.17) is 20.1 Å². The van der Waals surface area contributed by atoms with Crippen molar-refractivity contribution in [1.82, 2.24) is 0 Å². The van der Waals surface area contributed by atoms with Gasteiger partial charge in [0.05, 0.1) is 6.61 Å². The third kappa shape index (κ3) is 3.42. The lowest BCUT2D eigenvalue weighted by atomic mass is 10.4. The first-order valence-corrected chi connectivity index (χ1v) is 2.81. The first-order chi connectivity index (χ1) is 4.22. The number of hydrogen-bond donors (Lipinski definition) is 3. The lowest BCUT2D eigenvalue weighted by molar-refractivity contribution is -0.156. The number of rotatable bonds is 4. The molecule has 9 heavy (non-hydrogen) atoms. The van der Waals surface area contributed by atoms with E-state index in [9.17, 15) is 0 Å². The van der Waals surface area contributed by atoms with E-state index >= 15 is 0 Å². The van der Waals surface area contributed by atoms with Crippen molar-refractivity contribution in [3.63, 3.8) is 0 Å². The molecule has 4 nitrogen and oxygen atoms in total. The minimum absolute atomic E-state index is 0.364. The van der Waals surface area contributed by atoms with Gasteiger partial charge in [-0.2, -0.15) is 0 Å². The van der Waals surface area contributed by atoms with Crippen LogP contribution in [0.15, 0.2) is 0 Å². The maximum Gasteiger partial charge on any atom is 0.180 e. The summed E-state index contributed by atoms with van der Waals surface area (Å²) in [5, 5.41) is 25.2. The van der Waals surface area contributed by atoms with E-state index in [-0.39, 0.29) is 6.61 Å². The van der Waals surface area contributed by atoms with Crippen molar-refractivity contribution in [3.8, 4) is 0 Å². The number of hydrogen-bond acceptors (Lipinski definition) is 4. The maximum absolute atomic E-state index is 8.41. The Morgan fingerprint density at radius 1 is 1.44 bits per heavy atom. The fourth-order valence-electron chi connectivity index (χ4n) is 0.447. The van der Waals surface area contributed by atoms with Gasteiger partial charge in [-0.1, -0.05) is 0 Å². The van der Waals surface area contributed by atoms with E-state index in [1.54, 1.807) is 6.92 Å². The molecule has 3 N–H and O–H groups in total. The summed E-state index contributed by atoms with van der Waals surface area (Å²) in [6, 6.07) is 0. The summed E-state index contributed by atoms with van der Waals surface area (Å²) in [5.74, 6) is 0. The Balaban J connectivity index is 3.41. The molecule has 0 amide bonds. The summed E-state index contributed by atoms with van der Waals surface area (Å²) in [7, 11) is 0. The van der Waals surface area contributed by atoms with Crippen LogP contribution in [-0.2, 0) is 4.74 Å². The van der Waals surface area contributed by atoms with Crippen molar-refractivity contribution >= 4 is 0 Å². The van der Waals surface area contributed by atoms with Crippen molar-refractivity contribution in [2.45, 2.75) is 19.3 Å². The topological polar surface area (TPSA) is 69.9 Å². The van der Waals surface area contributed by atoms with Crippen LogP contribution in [0.2, 0.25) is 0 Å². The molecular weight excluding hydrogens is 124 g/mol. The van der Waals surface area contributed by atoms with E-state index in [0.717, 1.165) is 0 Å². The van der Waals surface area contributed by atoms with E-state index < -0.39 is 12.4 Å². The van der Waals surface area contributed by atoms with Gasteiger partial charge < -0.3 is 20.1 Å². The molecular formula is C5H12O4. The van der Waals surface area contributed by atoms with Gasteiger partial charge in [-0.15, -0.1) is 0 Å². The van der Waals surface area contributed by atoms with Crippen LogP contribution in [0.25, 0.3) is 0 Å². The summed E-state index contributed by atoms with van der Waals surface area (Å²) in [5.41, 5.74) is 0. The lowest BCUT2D eigenvalue weighted by Gasteiger charge is -2.14. The second-order valence-corrected chi connectivity index (χ2v) is 1.59. The molecule has 0 aromatic heterocycles. The predicted molar refractivity (Wildman–Crippen MR) is 30.7 cm³/mol. The first-order valence-electron chi connectivity index (χ1n) is 2.81. The van der Waals surface area contributed by atoms with E-state index in [1.165, 1.54) is 0 Å². The molecule has 0 aliphatic rings. The number of aliphatic hydroxyl groups excluding tert-OH is 2. The summed E-state index contributed by atoms with van der Waals surface area (Å²) in [4.78, 5) is 0. The van der Waals surface area contributed by atoms with Crippen LogP contribution in [0, 0.1) is 0 Å². The Morgan fingerprint density at radius 2 is 2.00 bits per heavy atom. The molecule has 0 aromatic rings. The first kappa shape index (κ1) is 8.84. The number of aliphatic hydroxyl groups is 3. The van der Waals surface area contributed by atoms with Gasteiger partial charge in [0.25, 0.3) is 0 Å². The van der Waals surface area contributed by atoms with Crippen molar-refractivity contribution in [2.75, 3.05) is 13.2 Å². The fourth-order valence-corrected chi connectivity index (χ4v) is 0.447. The zero-order valence-corrected chi connectivity index (χ0v) is 5.32. The molecule has 0 rings (SSSR count). The van der Waals surface area contributed by atoms with E-state index in [1.807, 2.05) is 0 Å². The maximum atomic E-state index is 8.41. The second kappa shape index (κ2) is 4.69. The Labute approximate surface area is 53.7 Å². The Morgan fingerprint density at radius 3 is 2.11 bits per heavy atom. The summed E-state index contributed by atoms with van der Waals surface area (Å²) >= 11 is 0. The Kier molecular flexibility index (Phi) is 4.61. The highest BCUT2D eigenvalue weighted by atomic mass is 16.6. The minimum atomic E-state index is -1.59. The van der Waals surface area contributed by atoms with Crippen molar-refractivity contribution in [3.05, 3.63) is 0 Å². The highest BCUT2D eigenvalue weighted by Gasteiger charge is 2.14. The van der Waals surface area contributed by atoms with Gasteiger partial charge in [0, 0.05) is 6.61 Å². The average molecular weight is 136 g/mol. The predicted octanol–water partition coefficient (Wildman–Crippen LogP) is -1.31.